The maximum Gasteiger partial charge on any atom is 0.294 e. The monoisotopic (exact) mass is 509 g/mol. The molecule has 2 heterocycles. The second kappa shape index (κ2) is 11.7. The molecule has 0 aliphatic carbocycles. The summed E-state index contributed by atoms with van der Waals surface area (Å²) in [5.74, 6) is 0.616. The first kappa shape index (κ1) is 25.7. The molecule has 0 radical (unpaired) electrons. The molecular formula is C32H35N3O3. The first-order valence-electron chi connectivity index (χ1n) is 13.5. The fourth-order valence-electron chi connectivity index (χ4n) is 5.20. The Morgan fingerprint density at radius 1 is 1.05 bits per heavy atom. The number of carbonyl (C=O) groups excluding carboxylic acids is 2. The molecule has 3 aromatic carbocycles. The van der Waals surface area contributed by atoms with Crippen LogP contribution < -0.4 is 15.0 Å². The Hall–Kier alpha value is -3.90. The zero-order chi connectivity index (χ0) is 26.5. The number of rotatable bonds is 7. The van der Waals surface area contributed by atoms with Gasteiger partial charge in [-0.3, -0.25) is 19.4 Å². The fourth-order valence-corrected chi connectivity index (χ4v) is 5.20. The number of nitrogens with zero attached hydrogens (tertiary/aromatic N) is 2. The van der Waals surface area contributed by atoms with Crippen molar-refractivity contribution < 1.29 is 14.3 Å². The molecule has 38 heavy (non-hydrogen) atoms. The van der Waals surface area contributed by atoms with Gasteiger partial charge >= 0.3 is 0 Å². The Labute approximate surface area is 224 Å². The maximum atomic E-state index is 13.5. The molecule has 196 valence electrons. The number of anilines is 1. The number of fused-ring (bicyclic) bond motifs is 1. The van der Waals surface area contributed by atoms with E-state index in [-0.39, 0.29) is 17.6 Å². The van der Waals surface area contributed by atoms with Gasteiger partial charge in [-0.15, -0.1) is 0 Å². The van der Waals surface area contributed by atoms with Gasteiger partial charge in [-0.2, -0.15) is 0 Å². The van der Waals surface area contributed by atoms with Gasteiger partial charge in [-0.25, -0.2) is 0 Å². The number of hydrogen-bond donors (Lipinski definition) is 1. The van der Waals surface area contributed by atoms with Crippen LogP contribution >= 0.6 is 0 Å². The van der Waals surface area contributed by atoms with Crippen molar-refractivity contribution in [2.75, 3.05) is 24.5 Å². The van der Waals surface area contributed by atoms with Crippen molar-refractivity contribution in [1.82, 2.24) is 10.2 Å². The van der Waals surface area contributed by atoms with Gasteiger partial charge in [0.1, 0.15) is 0 Å². The van der Waals surface area contributed by atoms with E-state index in [4.69, 9.17) is 4.74 Å². The van der Waals surface area contributed by atoms with Gasteiger partial charge in [-0.1, -0.05) is 60.5 Å². The summed E-state index contributed by atoms with van der Waals surface area (Å²) in [6.45, 7) is 7.37. The van der Waals surface area contributed by atoms with Gasteiger partial charge in [0.25, 0.3) is 11.8 Å². The summed E-state index contributed by atoms with van der Waals surface area (Å²) in [4.78, 5) is 30.4. The quantitative estimate of drug-likeness (QED) is 0.423. The Balaban J connectivity index is 1.27. The lowest BCUT2D eigenvalue weighted by Crippen LogP contribution is -2.42. The van der Waals surface area contributed by atoms with E-state index in [1.165, 1.54) is 19.3 Å². The van der Waals surface area contributed by atoms with Crippen molar-refractivity contribution in [2.45, 2.75) is 45.7 Å². The predicted molar refractivity (Wildman–Crippen MR) is 151 cm³/mol. The van der Waals surface area contributed by atoms with E-state index in [1.54, 1.807) is 23.1 Å². The molecule has 1 N–H and O–H groups in total. The average Bonchev–Trinajstić information content (AvgIpc) is 2.92. The zero-order valence-corrected chi connectivity index (χ0v) is 22.2. The lowest BCUT2D eigenvalue weighted by Gasteiger charge is -2.33. The Morgan fingerprint density at radius 3 is 2.66 bits per heavy atom. The smallest absolute Gasteiger partial charge is 0.294 e. The lowest BCUT2D eigenvalue weighted by atomic mass is 10.0. The van der Waals surface area contributed by atoms with Gasteiger partial charge in [0.2, 0.25) is 0 Å². The van der Waals surface area contributed by atoms with Gasteiger partial charge in [0, 0.05) is 24.7 Å². The molecule has 1 unspecified atom stereocenters. The molecular weight excluding hydrogens is 474 g/mol. The number of piperidine rings is 1. The highest BCUT2D eigenvalue weighted by atomic mass is 16.5. The summed E-state index contributed by atoms with van der Waals surface area (Å²) in [5.41, 5.74) is 4.35. The molecule has 0 saturated carbocycles. The number of amides is 2. The number of ether oxygens (including phenoxy) is 1. The predicted octanol–water partition coefficient (Wildman–Crippen LogP) is 5.57. The third kappa shape index (κ3) is 5.97. The third-order valence-corrected chi connectivity index (χ3v) is 7.35. The number of carbonyl (C=O) groups is 2. The van der Waals surface area contributed by atoms with Crippen LogP contribution in [0.2, 0.25) is 0 Å². The van der Waals surface area contributed by atoms with E-state index in [9.17, 15) is 9.59 Å². The lowest BCUT2D eigenvalue weighted by molar-refractivity contribution is -0.117. The highest BCUT2D eigenvalue weighted by molar-refractivity contribution is 6.09. The number of nitrogens with one attached hydrogen (secondary N) is 1. The summed E-state index contributed by atoms with van der Waals surface area (Å²) < 4.78 is 6.02. The number of likely N-dealkylation sites (tertiary alicyclic amines) is 1. The number of para-hydroxylation sites is 2. The molecule has 6 nitrogen and oxygen atoms in total. The topological polar surface area (TPSA) is 61.9 Å². The van der Waals surface area contributed by atoms with Crippen molar-refractivity contribution in [3.8, 4) is 5.75 Å². The molecule has 0 bridgehead atoms. The molecule has 1 fully saturated rings. The van der Waals surface area contributed by atoms with Crippen molar-refractivity contribution in [1.29, 1.82) is 0 Å². The van der Waals surface area contributed by atoms with E-state index >= 15 is 0 Å². The fraction of sp³-hybridized carbons (Fsp3) is 0.312. The maximum absolute atomic E-state index is 13.5. The summed E-state index contributed by atoms with van der Waals surface area (Å²) in [7, 11) is 0. The largest absolute Gasteiger partial charge is 0.449 e. The molecule has 5 rings (SSSR count). The highest BCUT2D eigenvalue weighted by Crippen LogP contribution is 2.36. The van der Waals surface area contributed by atoms with E-state index < -0.39 is 0 Å². The first-order valence-corrected chi connectivity index (χ1v) is 13.5. The normalized spacial score (nSPS) is 18.7. The van der Waals surface area contributed by atoms with Crippen molar-refractivity contribution in [2.24, 2.45) is 0 Å². The summed E-state index contributed by atoms with van der Waals surface area (Å²) in [5, 5.41) is 3.04. The van der Waals surface area contributed by atoms with Gasteiger partial charge in [0.15, 0.2) is 11.5 Å². The van der Waals surface area contributed by atoms with Crippen LogP contribution in [0.3, 0.4) is 0 Å². The molecule has 2 amide bonds. The highest BCUT2D eigenvalue weighted by Gasteiger charge is 2.30. The minimum atomic E-state index is -0.195. The van der Waals surface area contributed by atoms with Gasteiger partial charge in [-0.05, 0) is 74.7 Å². The molecule has 2 aliphatic heterocycles. The van der Waals surface area contributed by atoms with Crippen LogP contribution in [0.1, 0.15) is 53.2 Å². The number of benzene rings is 3. The Kier molecular flexibility index (Phi) is 7.89. The van der Waals surface area contributed by atoms with Gasteiger partial charge < -0.3 is 10.1 Å². The minimum Gasteiger partial charge on any atom is -0.449 e. The number of aryl methyl sites for hydroxylation is 1. The third-order valence-electron chi connectivity index (χ3n) is 7.35. The minimum absolute atomic E-state index is 0.0860. The van der Waals surface area contributed by atoms with Crippen LogP contribution in [0.15, 0.2) is 78.6 Å². The van der Waals surface area contributed by atoms with Crippen LogP contribution in [0.5, 0.6) is 5.75 Å². The van der Waals surface area contributed by atoms with E-state index in [0.29, 0.717) is 30.4 Å². The van der Waals surface area contributed by atoms with E-state index in [0.717, 1.165) is 35.5 Å². The summed E-state index contributed by atoms with van der Waals surface area (Å²) >= 11 is 0. The van der Waals surface area contributed by atoms with Crippen LogP contribution in [0, 0.1) is 6.92 Å². The van der Waals surface area contributed by atoms with E-state index in [1.807, 2.05) is 61.5 Å². The zero-order valence-electron chi connectivity index (χ0n) is 22.2. The Morgan fingerprint density at radius 2 is 1.87 bits per heavy atom. The second-order valence-electron chi connectivity index (χ2n) is 10.2. The first-order chi connectivity index (χ1) is 18.5. The van der Waals surface area contributed by atoms with Crippen molar-refractivity contribution >= 4 is 23.6 Å². The van der Waals surface area contributed by atoms with Crippen LogP contribution in [-0.2, 0) is 11.3 Å². The van der Waals surface area contributed by atoms with Crippen molar-refractivity contribution in [3.05, 3.63) is 101 Å². The molecule has 6 heteroatoms. The van der Waals surface area contributed by atoms with Crippen LogP contribution in [-0.4, -0.2) is 42.4 Å². The number of hydrogen-bond acceptors (Lipinski definition) is 4. The van der Waals surface area contributed by atoms with E-state index in [2.05, 4.69) is 23.2 Å². The van der Waals surface area contributed by atoms with Crippen LogP contribution in [0.4, 0.5) is 5.69 Å². The molecule has 0 aromatic heterocycles. The van der Waals surface area contributed by atoms with Crippen LogP contribution in [0.25, 0.3) is 6.08 Å². The molecule has 2 aliphatic rings. The summed E-state index contributed by atoms with van der Waals surface area (Å²) in [6.07, 6.45) is 5.49. The molecule has 1 atom stereocenters. The SMILES string of the molecule is Cc1cccc(CN2C(=O)/C(=C\c3ccc(C(=O)NCCN4CCCCC4C)cc3)Oc3ccccc32)c1. The molecule has 1 saturated heterocycles. The second-order valence-corrected chi connectivity index (χ2v) is 10.2. The summed E-state index contributed by atoms with van der Waals surface area (Å²) in [6, 6.07) is 23.6. The average molecular weight is 510 g/mol. The van der Waals surface area contributed by atoms with Crippen molar-refractivity contribution in [3.63, 3.8) is 0 Å². The molecule has 0 spiro atoms. The van der Waals surface area contributed by atoms with Gasteiger partial charge in [0.05, 0.1) is 12.2 Å². The Bertz CT molecular complexity index is 1330. The molecule has 3 aromatic rings. The standard InChI is InChI=1S/C32H35N3O3/c1-23-8-7-10-26(20-23)22-35-28-11-3-4-12-29(28)38-30(32(35)37)21-25-13-15-27(16-14-25)31(36)33-17-19-34-18-6-5-9-24(34)2/h3-4,7-8,10-16,20-21,24H,5-6,9,17-19,22H2,1-2H3,(H,33,36)/b30-21+.